The first-order valence-electron chi connectivity index (χ1n) is 4.53. The maximum atomic E-state index is 10.8. The molecule has 1 heterocycles. The lowest BCUT2D eigenvalue weighted by molar-refractivity contribution is -0.148. The average Bonchev–Trinajstić information content (AvgIpc) is 2.07. The van der Waals surface area contributed by atoms with Gasteiger partial charge in [0.1, 0.15) is 6.61 Å². The molecule has 0 aromatic rings. The second-order valence-electron chi connectivity index (χ2n) is 3.38. The molecule has 0 aromatic heterocycles. The van der Waals surface area contributed by atoms with Crippen LogP contribution in [0.25, 0.3) is 0 Å². The third kappa shape index (κ3) is 2.99. The Morgan fingerprint density at radius 3 is 2.57 bits per heavy atom. The van der Waals surface area contributed by atoms with Gasteiger partial charge in [0.15, 0.2) is 0 Å². The molecule has 0 radical (unpaired) electrons. The second-order valence-corrected chi connectivity index (χ2v) is 3.38. The molecule has 14 heavy (non-hydrogen) atoms. The van der Waals surface area contributed by atoms with Crippen molar-refractivity contribution < 1.29 is 19.1 Å². The summed E-state index contributed by atoms with van der Waals surface area (Å²) in [5.41, 5.74) is 0. The Balaban J connectivity index is 2.01. The molecule has 0 aromatic carbocycles. The van der Waals surface area contributed by atoms with Gasteiger partial charge >= 0.3 is 5.97 Å². The molecule has 80 valence electrons. The number of likely N-dealkylation sites (tertiary alicyclic amines) is 1. The van der Waals surface area contributed by atoms with Crippen molar-refractivity contribution in [1.82, 2.24) is 4.90 Å². The van der Waals surface area contributed by atoms with Crippen LogP contribution in [-0.4, -0.2) is 50.2 Å². The van der Waals surface area contributed by atoms with E-state index in [1.165, 1.54) is 7.11 Å². The summed E-state index contributed by atoms with van der Waals surface area (Å²) in [5.74, 6) is 0.0884. The molecule has 1 amide bonds. The molecule has 1 rings (SSSR count). The van der Waals surface area contributed by atoms with Gasteiger partial charge in [-0.05, 0) is 0 Å². The van der Waals surface area contributed by atoms with Crippen molar-refractivity contribution >= 4 is 11.9 Å². The zero-order valence-electron chi connectivity index (χ0n) is 8.49. The van der Waals surface area contributed by atoms with E-state index in [0.29, 0.717) is 12.5 Å². The fraction of sp³-hybridized carbons (Fsp3) is 0.778. The summed E-state index contributed by atoms with van der Waals surface area (Å²) in [5, 5.41) is 0. The van der Waals surface area contributed by atoms with Crippen molar-refractivity contribution in [3.05, 3.63) is 0 Å². The van der Waals surface area contributed by atoms with E-state index in [4.69, 9.17) is 4.74 Å². The fourth-order valence-electron chi connectivity index (χ4n) is 1.30. The van der Waals surface area contributed by atoms with Crippen LogP contribution in [0.4, 0.5) is 0 Å². The van der Waals surface area contributed by atoms with Gasteiger partial charge in [-0.3, -0.25) is 4.79 Å². The van der Waals surface area contributed by atoms with Gasteiger partial charge in [0.05, 0.1) is 13.7 Å². The molecule has 5 nitrogen and oxygen atoms in total. The molecule has 1 fully saturated rings. The summed E-state index contributed by atoms with van der Waals surface area (Å²) in [6.45, 7) is 3.52. The molecular formula is C9H15NO4. The van der Waals surface area contributed by atoms with Crippen LogP contribution in [0.15, 0.2) is 0 Å². The molecule has 0 spiro atoms. The summed E-state index contributed by atoms with van der Waals surface area (Å²) < 4.78 is 9.52. The Morgan fingerprint density at radius 2 is 2.07 bits per heavy atom. The number of carbonyl (C=O) groups excluding carboxylic acids is 2. The third-order valence-corrected chi connectivity index (χ3v) is 2.20. The maximum Gasteiger partial charge on any atom is 0.331 e. The highest BCUT2D eigenvalue weighted by Crippen LogP contribution is 2.15. The lowest BCUT2D eigenvalue weighted by Crippen LogP contribution is -2.50. The van der Waals surface area contributed by atoms with Gasteiger partial charge in [-0.1, -0.05) is 0 Å². The van der Waals surface area contributed by atoms with Crippen LogP contribution < -0.4 is 0 Å². The van der Waals surface area contributed by atoms with Crippen LogP contribution >= 0.6 is 0 Å². The SMILES string of the molecule is COC(=O)COCC1CN(C(C)=O)C1. The summed E-state index contributed by atoms with van der Waals surface area (Å²) >= 11 is 0. The van der Waals surface area contributed by atoms with Gasteiger partial charge in [-0.25, -0.2) is 4.79 Å². The Morgan fingerprint density at radius 1 is 1.43 bits per heavy atom. The van der Waals surface area contributed by atoms with Gasteiger partial charge < -0.3 is 14.4 Å². The number of ether oxygens (including phenoxy) is 2. The molecule has 0 N–H and O–H groups in total. The number of esters is 1. The van der Waals surface area contributed by atoms with E-state index in [-0.39, 0.29) is 18.5 Å². The lowest BCUT2D eigenvalue weighted by atomic mass is 10.0. The molecule has 0 saturated carbocycles. The molecule has 5 heteroatoms. The van der Waals surface area contributed by atoms with Crippen molar-refractivity contribution in [1.29, 1.82) is 0 Å². The van der Waals surface area contributed by atoms with E-state index < -0.39 is 0 Å². The number of carbonyl (C=O) groups is 2. The van der Waals surface area contributed by atoms with Crippen LogP contribution in [0.2, 0.25) is 0 Å². The van der Waals surface area contributed by atoms with Crippen LogP contribution in [0.5, 0.6) is 0 Å². The molecule has 1 aliphatic rings. The van der Waals surface area contributed by atoms with E-state index in [1.807, 2.05) is 0 Å². The highest BCUT2D eigenvalue weighted by molar-refractivity contribution is 5.74. The number of hydrogen-bond acceptors (Lipinski definition) is 4. The van der Waals surface area contributed by atoms with Crippen molar-refractivity contribution in [2.24, 2.45) is 5.92 Å². The zero-order valence-corrected chi connectivity index (χ0v) is 8.49. The smallest absolute Gasteiger partial charge is 0.331 e. The first-order valence-corrected chi connectivity index (χ1v) is 4.53. The minimum atomic E-state index is -0.368. The summed E-state index contributed by atoms with van der Waals surface area (Å²) in [6, 6.07) is 0. The average molecular weight is 201 g/mol. The van der Waals surface area contributed by atoms with E-state index in [2.05, 4.69) is 4.74 Å². The predicted molar refractivity (Wildman–Crippen MR) is 48.6 cm³/mol. The van der Waals surface area contributed by atoms with Gasteiger partial charge in [0.25, 0.3) is 0 Å². The number of rotatable bonds is 4. The normalized spacial score (nSPS) is 16.3. The van der Waals surface area contributed by atoms with Gasteiger partial charge in [-0.15, -0.1) is 0 Å². The Bertz CT molecular complexity index is 223. The predicted octanol–water partition coefficient (Wildman–Crippen LogP) is -0.346. The van der Waals surface area contributed by atoms with Crippen molar-refractivity contribution in [2.45, 2.75) is 6.92 Å². The van der Waals surface area contributed by atoms with Crippen molar-refractivity contribution in [2.75, 3.05) is 33.4 Å². The number of nitrogens with zero attached hydrogens (tertiary/aromatic N) is 1. The van der Waals surface area contributed by atoms with E-state index in [0.717, 1.165) is 13.1 Å². The minimum Gasteiger partial charge on any atom is -0.467 e. The monoisotopic (exact) mass is 201 g/mol. The highest BCUT2D eigenvalue weighted by atomic mass is 16.6. The summed E-state index contributed by atoms with van der Waals surface area (Å²) in [7, 11) is 1.33. The first kappa shape index (κ1) is 11.0. The van der Waals surface area contributed by atoms with Gasteiger partial charge in [-0.2, -0.15) is 0 Å². The molecule has 1 aliphatic heterocycles. The molecule has 0 aliphatic carbocycles. The summed E-state index contributed by atoms with van der Waals surface area (Å²) in [6.07, 6.45) is 0. The Kier molecular flexibility index (Phi) is 3.88. The van der Waals surface area contributed by atoms with E-state index in [1.54, 1.807) is 11.8 Å². The van der Waals surface area contributed by atoms with Gasteiger partial charge in [0.2, 0.25) is 5.91 Å². The standard InChI is InChI=1S/C9H15NO4/c1-7(11)10-3-8(4-10)5-14-6-9(12)13-2/h8H,3-6H2,1-2H3. The largest absolute Gasteiger partial charge is 0.467 e. The number of hydrogen-bond donors (Lipinski definition) is 0. The molecule has 1 saturated heterocycles. The van der Waals surface area contributed by atoms with Crippen molar-refractivity contribution in [3.8, 4) is 0 Å². The van der Waals surface area contributed by atoms with Crippen LogP contribution in [0.3, 0.4) is 0 Å². The highest BCUT2D eigenvalue weighted by Gasteiger charge is 2.28. The van der Waals surface area contributed by atoms with Crippen LogP contribution in [0.1, 0.15) is 6.92 Å². The zero-order chi connectivity index (χ0) is 10.6. The molecule has 0 atom stereocenters. The minimum absolute atomic E-state index is 0.00687. The third-order valence-electron chi connectivity index (χ3n) is 2.20. The quantitative estimate of drug-likeness (QED) is 0.584. The molecule has 0 bridgehead atoms. The Hall–Kier alpha value is -1.10. The second kappa shape index (κ2) is 4.95. The molecular weight excluding hydrogens is 186 g/mol. The maximum absolute atomic E-state index is 10.8. The number of methoxy groups -OCH3 is 1. The fourth-order valence-corrected chi connectivity index (χ4v) is 1.30. The van der Waals surface area contributed by atoms with E-state index >= 15 is 0 Å². The summed E-state index contributed by atoms with van der Waals surface area (Å²) in [4.78, 5) is 23.2. The first-order chi connectivity index (χ1) is 6.63. The Labute approximate surface area is 83.0 Å². The van der Waals surface area contributed by atoms with Crippen molar-refractivity contribution in [3.63, 3.8) is 0 Å². The van der Waals surface area contributed by atoms with E-state index in [9.17, 15) is 9.59 Å². The van der Waals surface area contributed by atoms with Crippen LogP contribution in [0, 0.1) is 5.92 Å². The van der Waals surface area contributed by atoms with Gasteiger partial charge in [0, 0.05) is 25.9 Å². The number of amides is 1. The topological polar surface area (TPSA) is 55.8 Å². The van der Waals surface area contributed by atoms with Crippen LogP contribution in [-0.2, 0) is 19.1 Å². The molecule has 0 unspecified atom stereocenters. The lowest BCUT2D eigenvalue weighted by Gasteiger charge is -2.38.